The Hall–Kier alpha value is -3.09. The van der Waals surface area contributed by atoms with Gasteiger partial charge < -0.3 is 14.4 Å². The standard InChI is InChI=1S/C15H15N3O4/c1-22-13-6-5-11(8-12(13)19)9-16-17-14(20)10-18-7-3-2-4-15(18)21/h2-9,19H,10H2,1H3,(H,17,20)/b16-9-. The molecule has 0 atom stereocenters. The molecule has 0 spiro atoms. The van der Waals surface area contributed by atoms with E-state index in [9.17, 15) is 14.7 Å². The van der Waals surface area contributed by atoms with Crippen LogP contribution in [0.4, 0.5) is 0 Å². The first-order chi connectivity index (χ1) is 10.6. The zero-order chi connectivity index (χ0) is 15.9. The minimum Gasteiger partial charge on any atom is -0.504 e. The average Bonchev–Trinajstić information content (AvgIpc) is 2.50. The number of ether oxygens (including phenoxy) is 1. The molecule has 0 unspecified atom stereocenters. The Morgan fingerprint density at radius 2 is 2.23 bits per heavy atom. The molecular formula is C15H15N3O4. The summed E-state index contributed by atoms with van der Waals surface area (Å²) in [7, 11) is 1.45. The number of nitrogens with zero attached hydrogens (tertiary/aromatic N) is 2. The molecule has 0 radical (unpaired) electrons. The highest BCUT2D eigenvalue weighted by molar-refractivity contribution is 5.83. The van der Waals surface area contributed by atoms with Gasteiger partial charge in [-0.3, -0.25) is 9.59 Å². The molecule has 2 rings (SSSR count). The van der Waals surface area contributed by atoms with Crippen LogP contribution in [0.3, 0.4) is 0 Å². The first kappa shape index (κ1) is 15.3. The molecule has 1 amide bonds. The summed E-state index contributed by atoms with van der Waals surface area (Å²) in [4.78, 5) is 23.1. The molecule has 2 N–H and O–H groups in total. The number of methoxy groups -OCH3 is 1. The zero-order valence-electron chi connectivity index (χ0n) is 11.9. The second-order valence-electron chi connectivity index (χ2n) is 4.39. The number of nitrogens with one attached hydrogen (secondary N) is 1. The number of carbonyl (C=O) groups excluding carboxylic acids is 1. The number of phenolic OH excluding ortho intramolecular Hbond substituents is 1. The summed E-state index contributed by atoms with van der Waals surface area (Å²) < 4.78 is 6.19. The number of carbonyl (C=O) groups is 1. The fourth-order valence-corrected chi connectivity index (χ4v) is 1.75. The third kappa shape index (κ3) is 3.95. The molecule has 7 nitrogen and oxygen atoms in total. The van der Waals surface area contributed by atoms with Gasteiger partial charge in [-0.05, 0) is 29.8 Å². The van der Waals surface area contributed by atoms with Crippen molar-refractivity contribution in [2.75, 3.05) is 7.11 Å². The molecule has 114 valence electrons. The Kier molecular flexibility index (Phi) is 4.92. The summed E-state index contributed by atoms with van der Waals surface area (Å²) in [5, 5.41) is 13.4. The number of amides is 1. The van der Waals surface area contributed by atoms with Gasteiger partial charge in [0.1, 0.15) is 6.54 Å². The Morgan fingerprint density at radius 3 is 2.91 bits per heavy atom. The Morgan fingerprint density at radius 1 is 1.41 bits per heavy atom. The molecule has 1 heterocycles. The first-order valence-corrected chi connectivity index (χ1v) is 6.44. The number of hydrogen-bond donors (Lipinski definition) is 2. The van der Waals surface area contributed by atoms with Crippen molar-refractivity contribution < 1.29 is 14.6 Å². The van der Waals surface area contributed by atoms with Crippen molar-refractivity contribution in [3.63, 3.8) is 0 Å². The molecule has 1 aromatic carbocycles. The molecule has 22 heavy (non-hydrogen) atoms. The molecule has 0 saturated heterocycles. The number of hydrazone groups is 1. The van der Waals surface area contributed by atoms with Crippen molar-refractivity contribution in [2.45, 2.75) is 6.54 Å². The van der Waals surface area contributed by atoms with Gasteiger partial charge >= 0.3 is 0 Å². The molecule has 2 aromatic rings. The average molecular weight is 301 g/mol. The van der Waals surface area contributed by atoms with Gasteiger partial charge in [-0.15, -0.1) is 0 Å². The van der Waals surface area contributed by atoms with Crippen LogP contribution in [-0.4, -0.2) is 28.9 Å². The van der Waals surface area contributed by atoms with E-state index in [1.807, 2.05) is 0 Å². The summed E-state index contributed by atoms with van der Waals surface area (Å²) in [5.74, 6) is -0.0967. The van der Waals surface area contributed by atoms with Gasteiger partial charge in [-0.25, -0.2) is 5.43 Å². The quantitative estimate of drug-likeness (QED) is 0.628. The van der Waals surface area contributed by atoms with E-state index < -0.39 is 5.91 Å². The molecule has 7 heteroatoms. The van der Waals surface area contributed by atoms with Crippen molar-refractivity contribution in [3.05, 3.63) is 58.5 Å². The van der Waals surface area contributed by atoms with E-state index in [1.165, 1.54) is 36.2 Å². The number of phenols is 1. The third-order valence-corrected chi connectivity index (χ3v) is 2.82. The normalized spacial score (nSPS) is 10.6. The molecule has 0 aliphatic rings. The van der Waals surface area contributed by atoms with Crippen molar-refractivity contribution in [2.24, 2.45) is 5.10 Å². The Labute approximate surface area is 126 Å². The first-order valence-electron chi connectivity index (χ1n) is 6.44. The van der Waals surface area contributed by atoms with Gasteiger partial charge in [0.2, 0.25) is 0 Å². The molecule has 0 saturated carbocycles. The number of benzene rings is 1. The van der Waals surface area contributed by atoms with Crippen LogP contribution in [0.5, 0.6) is 11.5 Å². The summed E-state index contributed by atoms with van der Waals surface area (Å²) in [6, 6.07) is 9.36. The van der Waals surface area contributed by atoms with E-state index >= 15 is 0 Å². The maximum Gasteiger partial charge on any atom is 0.260 e. The van der Waals surface area contributed by atoms with Crippen LogP contribution in [0.2, 0.25) is 0 Å². The summed E-state index contributed by atoms with van der Waals surface area (Å²) in [5.41, 5.74) is 2.64. The predicted molar refractivity (Wildman–Crippen MR) is 81.1 cm³/mol. The van der Waals surface area contributed by atoms with E-state index in [1.54, 1.807) is 24.3 Å². The van der Waals surface area contributed by atoms with Gasteiger partial charge in [0.05, 0.1) is 13.3 Å². The second-order valence-corrected chi connectivity index (χ2v) is 4.39. The van der Waals surface area contributed by atoms with E-state index in [0.717, 1.165) is 0 Å². The predicted octanol–water partition coefficient (Wildman–Crippen LogP) is 0.713. The fourth-order valence-electron chi connectivity index (χ4n) is 1.75. The maximum absolute atomic E-state index is 11.7. The van der Waals surface area contributed by atoms with E-state index in [2.05, 4.69) is 10.5 Å². The van der Waals surface area contributed by atoms with Gasteiger partial charge in [-0.1, -0.05) is 6.07 Å². The largest absolute Gasteiger partial charge is 0.504 e. The second kappa shape index (κ2) is 7.07. The van der Waals surface area contributed by atoms with E-state index in [4.69, 9.17) is 4.74 Å². The lowest BCUT2D eigenvalue weighted by Gasteiger charge is -2.04. The van der Waals surface area contributed by atoms with Crippen LogP contribution >= 0.6 is 0 Å². The van der Waals surface area contributed by atoms with Crippen molar-refractivity contribution in [1.82, 2.24) is 9.99 Å². The van der Waals surface area contributed by atoms with Crippen molar-refractivity contribution >= 4 is 12.1 Å². The van der Waals surface area contributed by atoms with Gasteiger partial charge in [0.25, 0.3) is 11.5 Å². The molecule has 1 aromatic heterocycles. The Balaban J connectivity index is 1.95. The summed E-state index contributed by atoms with van der Waals surface area (Å²) in [6.07, 6.45) is 2.90. The van der Waals surface area contributed by atoms with E-state index in [0.29, 0.717) is 11.3 Å². The molecular weight excluding hydrogens is 286 g/mol. The summed E-state index contributed by atoms with van der Waals surface area (Å²) in [6.45, 7) is -0.120. The SMILES string of the molecule is COc1ccc(/C=N\NC(=O)Cn2ccccc2=O)cc1O. The highest BCUT2D eigenvalue weighted by atomic mass is 16.5. The minimum atomic E-state index is -0.428. The highest BCUT2D eigenvalue weighted by Gasteiger charge is 2.03. The monoisotopic (exact) mass is 301 g/mol. The summed E-state index contributed by atoms with van der Waals surface area (Å²) >= 11 is 0. The zero-order valence-corrected chi connectivity index (χ0v) is 11.9. The van der Waals surface area contributed by atoms with Crippen LogP contribution in [-0.2, 0) is 11.3 Å². The Bertz CT molecular complexity index is 752. The van der Waals surface area contributed by atoms with Gasteiger partial charge in [-0.2, -0.15) is 5.10 Å². The van der Waals surface area contributed by atoms with Crippen LogP contribution in [0.15, 0.2) is 52.5 Å². The van der Waals surface area contributed by atoms with Gasteiger partial charge in [0.15, 0.2) is 11.5 Å². The van der Waals surface area contributed by atoms with Crippen molar-refractivity contribution in [3.8, 4) is 11.5 Å². The van der Waals surface area contributed by atoms with Crippen LogP contribution < -0.4 is 15.7 Å². The van der Waals surface area contributed by atoms with Crippen molar-refractivity contribution in [1.29, 1.82) is 0 Å². The van der Waals surface area contributed by atoms with Crippen LogP contribution in [0, 0.1) is 0 Å². The number of rotatable bonds is 5. The molecule has 0 fully saturated rings. The lowest BCUT2D eigenvalue weighted by atomic mass is 10.2. The van der Waals surface area contributed by atoms with E-state index in [-0.39, 0.29) is 17.9 Å². The molecule has 0 aliphatic heterocycles. The molecule has 0 aliphatic carbocycles. The molecule has 0 bridgehead atoms. The highest BCUT2D eigenvalue weighted by Crippen LogP contribution is 2.25. The van der Waals surface area contributed by atoms with Crippen LogP contribution in [0.25, 0.3) is 0 Å². The lowest BCUT2D eigenvalue weighted by Crippen LogP contribution is -2.28. The fraction of sp³-hybridized carbons (Fsp3) is 0.133. The lowest BCUT2D eigenvalue weighted by molar-refractivity contribution is -0.121. The minimum absolute atomic E-state index is 0.0198. The smallest absolute Gasteiger partial charge is 0.260 e. The topological polar surface area (TPSA) is 92.9 Å². The number of hydrogen-bond acceptors (Lipinski definition) is 5. The van der Waals surface area contributed by atoms with Crippen LogP contribution in [0.1, 0.15) is 5.56 Å². The number of aromatic nitrogens is 1. The maximum atomic E-state index is 11.7. The number of pyridine rings is 1. The number of aromatic hydroxyl groups is 1. The third-order valence-electron chi connectivity index (χ3n) is 2.82. The van der Waals surface area contributed by atoms with Gasteiger partial charge in [0, 0.05) is 12.3 Å².